The van der Waals surface area contributed by atoms with E-state index in [9.17, 15) is 4.79 Å². The Morgan fingerprint density at radius 2 is 2.14 bits per heavy atom. The van der Waals surface area contributed by atoms with Gasteiger partial charge in [0.15, 0.2) is 0 Å². The van der Waals surface area contributed by atoms with E-state index in [4.69, 9.17) is 0 Å². The zero-order valence-corrected chi connectivity index (χ0v) is 11.5. The Labute approximate surface area is 121 Å². The number of fused-ring (bicyclic) bond motifs is 1. The van der Waals surface area contributed by atoms with Crippen molar-refractivity contribution in [2.75, 3.05) is 0 Å². The number of carbonyl (C=O) groups excluding carboxylic acids is 1. The van der Waals surface area contributed by atoms with E-state index in [1.807, 2.05) is 30.3 Å². The molecule has 106 valence electrons. The van der Waals surface area contributed by atoms with Gasteiger partial charge in [0, 0.05) is 22.8 Å². The Hall–Kier alpha value is -2.56. The summed E-state index contributed by atoms with van der Waals surface area (Å²) in [5.74, 6) is 0.435. The van der Waals surface area contributed by atoms with E-state index in [-0.39, 0.29) is 5.91 Å². The molecule has 1 aliphatic carbocycles. The van der Waals surface area contributed by atoms with Crippen molar-refractivity contribution in [2.24, 2.45) is 0 Å². The molecule has 5 heteroatoms. The maximum absolute atomic E-state index is 12.1. The summed E-state index contributed by atoms with van der Waals surface area (Å²) in [5.41, 5.74) is 3.61. The monoisotopic (exact) mass is 280 g/mol. The van der Waals surface area contributed by atoms with E-state index >= 15 is 0 Å². The lowest BCUT2D eigenvalue weighted by atomic mass is 10.2. The van der Waals surface area contributed by atoms with Crippen molar-refractivity contribution in [3.05, 3.63) is 53.5 Å². The van der Waals surface area contributed by atoms with Gasteiger partial charge in [0.2, 0.25) is 0 Å². The van der Waals surface area contributed by atoms with Crippen LogP contribution in [0.25, 0.3) is 10.9 Å². The summed E-state index contributed by atoms with van der Waals surface area (Å²) in [6, 6.07) is 12.0. The van der Waals surface area contributed by atoms with Crippen molar-refractivity contribution < 1.29 is 4.79 Å². The maximum atomic E-state index is 12.1. The molecule has 5 nitrogen and oxygen atoms in total. The molecule has 0 spiro atoms. The third-order valence-corrected chi connectivity index (χ3v) is 3.87. The van der Waals surface area contributed by atoms with Crippen molar-refractivity contribution in [2.45, 2.75) is 25.3 Å². The first-order chi connectivity index (χ1) is 10.3. The van der Waals surface area contributed by atoms with Gasteiger partial charge in [-0.3, -0.25) is 9.89 Å². The van der Waals surface area contributed by atoms with Gasteiger partial charge in [-0.2, -0.15) is 5.10 Å². The Morgan fingerprint density at radius 1 is 1.29 bits per heavy atom. The lowest BCUT2D eigenvalue weighted by Gasteiger charge is -2.00. The minimum absolute atomic E-state index is 0.142. The van der Waals surface area contributed by atoms with Gasteiger partial charge in [0.25, 0.3) is 5.91 Å². The highest BCUT2D eigenvalue weighted by Crippen LogP contribution is 2.38. The average molecular weight is 280 g/mol. The maximum Gasteiger partial charge on any atom is 0.272 e. The highest BCUT2D eigenvalue weighted by Gasteiger charge is 2.26. The number of aromatic amines is 2. The predicted molar refractivity (Wildman–Crippen MR) is 80.0 cm³/mol. The van der Waals surface area contributed by atoms with E-state index in [0.29, 0.717) is 18.2 Å². The first-order valence-corrected chi connectivity index (χ1v) is 7.20. The van der Waals surface area contributed by atoms with Gasteiger partial charge in [-0.05, 0) is 36.4 Å². The molecule has 0 radical (unpaired) electrons. The van der Waals surface area contributed by atoms with Crippen molar-refractivity contribution in [3.63, 3.8) is 0 Å². The number of para-hydroxylation sites is 1. The number of hydrogen-bond acceptors (Lipinski definition) is 2. The van der Waals surface area contributed by atoms with Crippen molar-refractivity contribution in [1.29, 1.82) is 0 Å². The highest BCUT2D eigenvalue weighted by molar-refractivity contribution is 5.92. The summed E-state index contributed by atoms with van der Waals surface area (Å²) in [6.45, 7) is 0.471. The fourth-order valence-electron chi connectivity index (χ4n) is 2.55. The van der Waals surface area contributed by atoms with E-state index in [1.165, 1.54) is 12.8 Å². The summed E-state index contributed by atoms with van der Waals surface area (Å²) in [6.07, 6.45) is 2.39. The van der Waals surface area contributed by atoms with Crippen LogP contribution in [0, 0.1) is 0 Å². The normalized spacial score (nSPS) is 14.5. The second-order valence-electron chi connectivity index (χ2n) is 5.55. The van der Waals surface area contributed by atoms with Gasteiger partial charge in [-0.15, -0.1) is 0 Å². The second-order valence-corrected chi connectivity index (χ2v) is 5.55. The number of amides is 1. The van der Waals surface area contributed by atoms with Gasteiger partial charge >= 0.3 is 0 Å². The molecular weight excluding hydrogens is 264 g/mol. The Kier molecular flexibility index (Phi) is 2.77. The third-order valence-electron chi connectivity index (χ3n) is 3.87. The topological polar surface area (TPSA) is 73.6 Å². The largest absolute Gasteiger partial charge is 0.357 e. The molecule has 0 unspecified atom stereocenters. The van der Waals surface area contributed by atoms with Gasteiger partial charge < -0.3 is 10.3 Å². The fraction of sp³-hybridized carbons (Fsp3) is 0.250. The predicted octanol–water partition coefficient (Wildman–Crippen LogP) is 2.70. The zero-order valence-electron chi connectivity index (χ0n) is 11.5. The molecule has 3 aromatic rings. The van der Waals surface area contributed by atoms with E-state index in [1.54, 1.807) is 0 Å². The van der Waals surface area contributed by atoms with Gasteiger partial charge in [0.05, 0.1) is 6.54 Å². The molecule has 2 heterocycles. The minimum atomic E-state index is -0.142. The number of H-pyrrole nitrogens is 2. The summed E-state index contributed by atoms with van der Waals surface area (Å²) in [4.78, 5) is 15.4. The molecule has 0 bridgehead atoms. The van der Waals surface area contributed by atoms with Crippen LogP contribution >= 0.6 is 0 Å². The molecule has 1 amide bonds. The van der Waals surface area contributed by atoms with Gasteiger partial charge in [-0.25, -0.2) is 0 Å². The van der Waals surface area contributed by atoms with Gasteiger partial charge in [-0.1, -0.05) is 18.2 Å². The molecule has 1 aromatic carbocycles. The number of carbonyl (C=O) groups is 1. The van der Waals surface area contributed by atoms with Crippen LogP contribution < -0.4 is 5.32 Å². The molecular formula is C16H16N4O. The van der Waals surface area contributed by atoms with Crippen molar-refractivity contribution in [3.8, 4) is 0 Å². The smallest absolute Gasteiger partial charge is 0.272 e. The molecule has 0 saturated heterocycles. The highest BCUT2D eigenvalue weighted by atomic mass is 16.1. The minimum Gasteiger partial charge on any atom is -0.357 e. The lowest BCUT2D eigenvalue weighted by Crippen LogP contribution is -2.23. The number of rotatable bonds is 4. The SMILES string of the molecule is O=C(NCc1cc2ccccc2[nH]1)c1cc(C2CC2)[nH]n1. The average Bonchev–Trinajstić information content (AvgIpc) is 3.09. The molecule has 0 atom stereocenters. The molecule has 1 fully saturated rings. The molecule has 1 aliphatic rings. The number of aromatic nitrogens is 3. The van der Waals surface area contributed by atoms with Crippen molar-refractivity contribution in [1.82, 2.24) is 20.5 Å². The van der Waals surface area contributed by atoms with Crippen LogP contribution in [0.1, 0.15) is 40.6 Å². The van der Waals surface area contributed by atoms with Crippen LogP contribution in [0.4, 0.5) is 0 Å². The van der Waals surface area contributed by atoms with E-state index in [2.05, 4.69) is 26.6 Å². The van der Waals surface area contributed by atoms with Gasteiger partial charge in [0.1, 0.15) is 5.69 Å². The van der Waals surface area contributed by atoms with Crippen LogP contribution in [-0.2, 0) is 6.54 Å². The number of hydrogen-bond donors (Lipinski definition) is 3. The van der Waals surface area contributed by atoms with Crippen LogP contribution in [0.2, 0.25) is 0 Å². The van der Waals surface area contributed by atoms with Crippen LogP contribution in [0.15, 0.2) is 36.4 Å². The Bertz CT molecular complexity index is 764. The fourth-order valence-corrected chi connectivity index (χ4v) is 2.55. The number of nitrogens with one attached hydrogen (secondary N) is 3. The van der Waals surface area contributed by atoms with Crippen LogP contribution in [-0.4, -0.2) is 21.1 Å². The summed E-state index contributed by atoms with van der Waals surface area (Å²) in [5, 5.41) is 11.1. The molecule has 4 rings (SSSR count). The number of nitrogens with zero attached hydrogens (tertiary/aromatic N) is 1. The van der Waals surface area contributed by atoms with Crippen LogP contribution in [0.5, 0.6) is 0 Å². The van der Waals surface area contributed by atoms with Crippen molar-refractivity contribution >= 4 is 16.8 Å². The zero-order chi connectivity index (χ0) is 14.2. The van der Waals surface area contributed by atoms with E-state index < -0.39 is 0 Å². The number of benzene rings is 1. The second kappa shape index (κ2) is 4.77. The summed E-state index contributed by atoms with van der Waals surface area (Å²) in [7, 11) is 0. The lowest BCUT2D eigenvalue weighted by molar-refractivity contribution is 0.0945. The van der Waals surface area contributed by atoms with E-state index in [0.717, 1.165) is 22.3 Å². The quantitative estimate of drug-likeness (QED) is 0.687. The first kappa shape index (κ1) is 12.2. The molecule has 1 saturated carbocycles. The standard InChI is InChI=1S/C16H16N4O/c21-16(15-8-14(19-20-15)10-5-6-10)17-9-12-7-11-3-1-2-4-13(11)18-12/h1-4,7-8,10,18H,5-6,9H2,(H,17,21)(H,19,20). The Balaban J connectivity index is 1.44. The molecule has 21 heavy (non-hydrogen) atoms. The molecule has 2 aromatic heterocycles. The summed E-state index contributed by atoms with van der Waals surface area (Å²) >= 11 is 0. The first-order valence-electron chi connectivity index (χ1n) is 7.20. The summed E-state index contributed by atoms with van der Waals surface area (Å²) < 4.78 is 0. The Morgan fingerprint density at radius 3 is 2.95 bits per heavy atom. The third kappa shape index (κ3) is 2.42. The molecule has 0 aliphatic heterocycles. The molecule has 3 N–H and O–H groups in total. The van der Waals surface area contributed by atoms with Crippen LogP contribution in [0.3, 0.4) is 0 Å².